The molecule has 21 heavy (non-hydrogen) atoms. The zero-order chi connectivity index (χ0) is 16.2. The number of hydrogen-bond acceptors (Lipinski definition) is 3. The highest BCUT2D eigenvalue weighted by Crippen LogP contribution is 2.37. The Kier molecular flexibility index (Phi) is 3.15. The van der Waals surface area contributed by atoms with Crippen LogP contribution in [0.5, 0.6) is 0 Å². The second-order valence-electron chi connectivity index (χ2n) is 5.31. The number of rotatable bonds is 1. The molecule has 1 aliphatic rings. The minimum atomic E-state index is -4.54. The Morgan fingerprint density at radius 3 is 2.14 bits per heavy atom. The maximum atomic E-state index is 12.6. The summed E-state index contributed by atoms with van der Waals surface area (Å²) in [6.07, 6.45) is -4.54. The largest absolute Gasteiger partial charge is 0.416 e. The Bertz CT molecular complexity index is 626. The first kappa shape index (κ1) is 15.1. The van der Waals surface area contributed by atoms with Gasteiger partial charge in [-0.15, -0.1) is 0 Å². The van der Waals surface area contributed by atoms with Crippen molar-refractivity contribution < 1.29 is 22.8 Å². The lowest BCUT2D eigenvalue weighted by atomic mass is 10.0. The quantitative estimate of drug-likeness (QED) is 0.640. The average Bonchev–Trinajstić information content (AvgIpc) is 2.51. The fourth-order valence-electron chi connectivity index (χ4n) is 2.04. The summed E-state index contributed by atoms with van der Waals surface area (Å²) in [6, 6.07) is 1.90. The molecular formula is C13H14F3N3O2. The fraction of sp³-hybridized carbons (Fsp3) is 0.385. The van der Waals surface area contributed by atoms with Gasteiger partial charge < -0.3 is 10.6 Å². The van der Waals surface area contributed by atoms with Gasteiger partial charge in [0, 0.05) is 7.05 Å². The molecule has 2 N–H and O–H groups in total. The number of nitrogens with zero attached hydrogens (tertiary/aromatic N) is 2. The second kappa shape index (κ2) is 4.37. The molecule has 1 heterocycles. The molecule has 1 saturated heterocycles. The molecule has 2 rings (SSSR count). The van der Waals surface area contributed by atoms with E-state index in [0.29, 0.717) is 6.07 Å². The number of nitrogens with two attached hydrogens (primary N) is 1. The number of benzene rings is 1. The minimum Gasteiger partial charge on any atom is -0.397 e. The summed E-state index contributed by atoms with van der Waals surface area (Å²) < 4.78 is 37.8. The van der Waals surface area contributed by atoms with Gasteiger partial charge in [0.1, 0.15) is 5.54 Å². The fourth-order valence-corrected chi connectivity index (χ4v) is 2.04. The van der Waals surface area contributed by atoms with Crippen LogP contribution in [-0.2, 0) is 11.0 Å². The third-order valence-electron chi connectivity index (χ3n) is 3.64. The first-order valence-electron chi connectivity index (χ1n) is 6.07. The Morgan fingerprint density at radius 2 is 1.76 bits per heavy atom. The number of halogens is 3. The molecule has 0 saturated carbocycles. The molecule has 0 bridgehead atoms. The molecule has 1 aliphatic heterocycles. The van der Waals surface area contributed by atoms with Crippen molar-refractivity contribution >= 4 is 23.3 Å². The van der Waals surface area contributed by atoms with Crippen LogP contribution in [-0.4, -0.2) is 29.4 Å². The summed E-state index contributed by atoms with van der Waals surface area (Å²) in [5.74, 6) is -0.540. The zero-order valence-corrected chi connectivity index (χ0v) is 11.7. The SMILES string of the molecule is CN1C(=O)N(c2ccc(C(F)(F)F)cc2N)C(=O)C1(C)C. The molecule has 0 radical (unpaired) electrons. The standard InChI is InChI=1S/C13H14F3N3O2/c1-12(2)10(20)19(11(21)18(12)3)9-5-4-7(6-8(9)17)13(14,15)16/h4-6H,17H2,1-3H3. The van der Waals surface area contributed by atoms with Crippen molar-refractivity contribution in [2.45, 2.75) is 25.6 Å². The van der Waals surface area contributed by atoms with Gasteiger partial charge in [0.05, 0.1) is 16.9 Å². The van der Waals surface area contributed by atoms with Crippen LogP contribution in [0.25, 0.3) is 0 Å². The highest BCUT2D eigenvalue weighted by molar-refractivity contribution is 6.24. The number of hydrogen-bond donors (Lipinski definition) is 1. The van der Waals surface area contributed by atoms with Crippen LogP contribution in [0, 0.1) is 0 Å². The topological polar surface area (TPSA) is 66.6 Å². The lowest BCUT2D eigenvalue weighted by Gasteiger charge is -2.22. The second-order valence-corrected chi connectivity index (χ2v) is 5.31. The van der Waals surface area contributed by atoms with Crippen LogP contribution in [0.15, 0.2) is 18.2 Å². The van der Waals surface area contributed by atoms with Crippen molar-refractivity contribution in [2.24, 2.45) is 0 Å². The third-order valence-corrected chi connectivity index (χ3v) is 3.64. The van der Waals surface area contributed by atoms with E-state index in [1.54, 1.807) is 13.8 Å². The normalized spacial score (nSPS) is 18.6. The number of carbonyl (C=O) groups excluding carboxylic acids is 2. The molecule has 0 aromatic heterocycles. The molecule has 114 valence electrons. The zero-order valence-electron chi connectivity index (χ0n) is 11.7. The molecule has 8 heteroatoms. The maximum Gasteiger partial charge on any atom is 0.416 e. The van der Waals surface area contributed by atoms with Gasteiger partial charge in [-0.3, -0.25) is 4.79 Å². The van der Waals surface area contributed by atoms with E-state index in [0.717, 1.165) is 17.0 Å². The van der Waals surface area contributed by atoms with E-state index in [-0.39, 0.29) is 11.4 Å². The predicted octanol–water partition coefficient (Wildman–Crippen LogP) is 2.46. The van der Waals surface area contributed by atoms with Crippen LogP contribution >= 0.6 is 0 Å². The molecule has 0 aliphatic carbocycles. The lowest BCUT2D eigenvalue weighted by molar-refractivity contribution is -0.137. The lowest BCUT2D eigenvalue weighted by Crippen LogP contribution is -2.41. The number of alkyl halides is 3. The van der Waals surface area contributed by atoms with E-state index in [1.165, 1.54) is 11.9 Å². The van der Waals surface area contributed by atoms with E-state index in [4.69, 9.17) is 5.73 Å². The number of nitrogen functional groups attached to an aromatic ring is 1. The van der Waals surface area contributed by atoms with Gasteiger partial charge in [-0.05, 0) is 32.0 Å². The van der Waals surface area contributed by atoms with E-state index in [2.05, 4.69) is 0 Å². The number of anilines is 2. The molecule has 0 spiro atoms. The van der Waals surface area contributed by atoms with Crippen molar-refractivity contribution in [1.82, 2.24) is 4.90 Å². The first-order chi connectivity index (χ1) is 9.48. The molecule has 1 fully saturated rings. The van der Waals surface area contributed by atoms with Crippen LogP contribution in [0.2, 0.25) is 0 Å². The first-order valence-corrected chi connectivity index (χ1v) is 6.07. The highest BCUT2D eigenvalue weighted by Gasteiger charge is 2.50. The number of likely N-dealkylation sites (N-methyl/N-ethyl adjacent to an activating group) is 1. The maximum absolute atomic E-state index is 12.6. The summed E-state index contributed by atoms with van der Waals surface area (Å²) >= 11 is 0. The summed E-state index contributed by atoms with van der Waals surface area (Å²) in [4.78, 5) is 26.4. The van der Waals surface area contributed by atoms with Gasteiger partial charge in [0.25, 0.3) is 5.91 Å². The molecule has 5 nitrogen and oxygen atoms in total. The summed E-state index contributed by atoms with van der Waals surface area (Å²) in [6.45, 7) is 3.10. The van der Waals surface area contributed by atoms with Gasteiger partial charge >= 0.3 is 12.2 Å². The summed E-state index contributed by atoms with van der Waals surface area (Å²) in [5.41, 5.74) is 3.25. The predicted molar refractivity (Wildman–Crippen MR) is 70.6 cm³/mol. The van der Waals surface area contributed by atoms with E-state index >= 15 is 0 Å². The molecule has 0 unspecified atom stereocenters. The molecule has 3 amide bonds. The van der Waals surface area contributed by atoms with Crippen molar-refractivity contribution in [3.05, 3.63) is 23.8 Å². The van der Waals surface area contributed by atoms with Gasteiger partial charge in [0.15, 0.2) is 0 Å². The van der Waals surface area contributed by atoms with Gasteiger partial charge in [-0.1, -0.05) is 0 Å². The van der Waals surface area contributed by atoms with Gasteiger partial charge in [-0.25, -0.2) is 9.69 Å². The molecule has 1 aromatic rings. The Balaban J connectivity index is 2.49. The highest BCUT2D eigenvalue weighted by atomic mass is 19.4. The van der Waals surface area contributed by atoms with Crippen molar-refractivity contribution in [3.63, 3.8) is 0 Å². The van der Waals surface area contributed by atoms with Crippen LogP contribution in [0.3, 0.4) is 0 Å². The van der Waals surface area contributed by atoms with E-state index in [9.17, 15) is 22.8 Å². The summed E-state index contributed by atoms with van der Waals surface area (Å²) in [7, 11) is 1.44. The van der Waals surface area contributed by atoms with Crippen LogP contribution in [0.1, 0.15) is 19.4 Å². The average molecular weight is 301 g/mol. The van der Waals surface area contributed by atoms with Crippen molar-refractivity contribution in [2.75, 3.05) is 17.7 Å². The van der Waals surface area contributed by atoms with Crippen LogP contribution in [0.4, 0.5) is 29.3 Å². The number of imide groups is 1. The van der Waals surface area contributed by atoms with Crippen molar-refractivity contribution in [1.29, 1.82) is 0 Å². The van der Waals surface area contributed by atoms with E-state index in [1.807, 2.05) is 0 Å². The smallest absolute Gasteiger partial charge is 0.397 e. The Morgan fingerprint density at radius 1 is 1.19 bits per heavy atom. The number of amides is 3. The molecule has 1 aromatic carbocycles. The molecule has 0 atom stereocenters. The van der Waals surface area contributed by atoms with E-state index < -0.39 is 29.2 Å². The van der Waals surface area contributed by atoms with Crippen LogP contribution < -0.4 is 10.6 Å². The van der Waals surface area contributed by atoms with Gasteiger partial charge in [-0.2, -0.15) is 13.2 Å². The Labute approximate surface area is 119 Å². The number of carbonyl (C=O) groups is 2. The summed E-state index contributed by atoms with van der Waals surface area (Å²) in [5, 5.41) is 0. The Hall–Kier alpha value is -2.25. The minimum absolute atomic E-state index is 0.0459. The van der Waals surface area contributed by atoms with Gasteiger partial charge in [0.2, 0.25) is 0 Å². The van der Waals surface area contributed by atoms with Crippen molar-refractivity contribution in [3.8, 4) is 0 Å². The number of urea groups is 1. The molecular weight excluding hydrogens is 287 g/mol. The monoisotopic (exact) mass is 301 g/mol. The third kappa shape index (κ3) is 2.20.